The molecule has 13 heavy (non-hydrogen) atoms. The van der Waals surface area contributed by atoms with Crippen LogP contribution in [0.4, 0.5) is 0 Å². The van der Waals surface area contributed by atoms with Gasteiger partial charge in [-0.3, -0.25) is 0 Å². The molecule has 2 rings (SSSR count). The highest BCUT2D eigenvalue weighted by Crippen LogP contribution is 2.41. The Kier molecular flexibility index (Phi) is 2.58. The lowest BCUT2D eigenvalue weighted by molar-refractivity contribution is -0.120. The second-order valence-corrected chi connectivity index (χ2v) is 4.05. The molecule has 0 bridgehead atoms. The van der Waals surface area contributed by atoms with Gasteiger partial charge in [0.1, 0.15) is 0 Å². The molecule has 1 heterocycles. The zero-order valence-electron chi connectivity index (χ0n) is 8.45. The molecule has 2 nitrogen and oxygen atoms in total. The Morgan fingerprint density at radius 2 is 2.38 bits per heavy atom. The highest BCUT2D eigenvalue weighted by molar-refractivity contribution is 5.14. The minimum absolute atomic E-state index is 0.0176. The number of hydrogen-bond acceptors (Lipinski definition) is 2. The van der Waals surface area contributed by atoms with E-state index in [0.717, 1.165) is 24.9 Å². The first-order chi connectivity index (χ1) is 6.31. The minimum Gasteiger partial charge on any atom is -0.473 e. The van der Waals surface area contributed by atoms with E-state index in [1.807, 2.05) is 13.2 Å². The van der Waals surface area contributed by atoms with E-state index in [-0.39, 0.29) is 6.29 Å². The molecule has 0 amide bonds. The maximum absolute atomic E-state index is 5.52. The van der Waals surface area contributed by atoms with Gasteiger partial charge in [0, 0.05) is 13.0 Å². The Balaban J connectivity index is 1.99. The average molecular weight is 182 g/mol. The topological polar surface area (TPSA) is 18.5 Å². The summed E-state index contributed by atoms with van der Waals surface area (Å²) in [6, 6.07) is 0. The number of ether oxygens (including phenoxy) is 2. The van der Waals surface area contributed by atoms with Crippen molar-refractivity contribution < 1.29 is 9.47 Å². The predicted octanol–water partition coefficient (Wildman–Crippen LogP) is 2.70. The monoisotopic (exact) mass is 182 g/mol. The molecule has 3 atom stereocenters. The third kappa shape index (κ3) is 1.73. The van der Waals surface area contributed by atoms with Crippen LogP contribution in [0.2, 0.25) is 0 Å². The molecule has 0 spiro atoms. The van der Waals surface area contributed by atoms with E-state index in [1.54, 1.807) is 0 Å². The third-order valence-corrected chi connectivity index (χ3v) is 3.17. The molecule has 1 aliphatic heterocycles. The van der Waals surface area contributed by atoms with E-state index >= 15 is 0 Å². The second kappa shape index (κ2) is 3.70. The van der Waals surface area contributed by atoms with Crippen LogP contribution in [0.3, 0.4) is 0 Å². The van der Waals surface area contributed by atoms with Crippen molar-refractivity contribution in [3.63, 3.8) is 0 Å². The van der Waals surface area contributed by atoms with Crippen LogP contribution in [-0.4, -0.2) is 12.9 Å². The molecule has 74 valence electrons. The number of hydrogen-bond donors (Lipinski definition) is 0. The summed E-state index contributed by atoms with van der Waals surface area (Å²) >= 11 is 0. The smallest absolute Gasteiger partial charge is 0.199 e. The Morgan fingerprint density at radius 3 is 3.15 bits per heavy atom. The van der Waals surface area contributed by atoms with Gasteiger partial charge in [-0.25, -0.2) is 0 Å². The number of allylic oxidation sites excluding steroid dienone is 1. The van der Waals surface area contributed by atoms with Crippen LogP contribution >= 0.6 is 0 Å². The van der Waals surface area contributed by atoms with Gasteiger partial charge in [0.2, 0.25) is 0 Å². The molecule has 0 aromatic carbocycles. The Bertz CT molecular complexity index is 210. The van der Waals surface area contributed by atoms with Gasteiger partial charge in [-0.2, -0.15) is 0 Å². The van der Waals surface area contributed by atoms with Crippen molar-refractivity contribution in [2.75, 3.05) is 6.61 Å². The highest BCUT2D eigenvalue weighted by Gasteiger charge is 2.33. The van der Waals surface area contributed by atoms with Crippen LogP contribution in [0.15, 0.2) is 11.8 Å². The molecule has 0 radical (unpaired) electrons. The quantitative estimate of drug-likeness (QED) is 0.653. The molecule has 1 aliphatic carbocycles. The van der Waals surface area contributed by atoms with Crippen molar-refractivity contribution in [3.8, 4) is 0 Å². The molecular weight excluding hydrogens is 164 g/mol. The number of fused-ring (bicyclic) bond motifs is 1. The summed E-state index contributed by atoms with van der Waals surface area (Å²) < 4.78 is 11.0. The molecule has 1 fully saturated rings. The van der Waals surface area contributed by atoms with Crippen molar-refractivity contribution in [1.29, 1.82) is 0 Å². The van der Waals surface area contributed by atoms with Crippen molar-refractivity contribution in [3.05, 3.63) is 11.8 Å². The highest BCUT2D eigenvalue weighted by atomic mass is 16.7. The van der Waals surface area contributed by atoms with Gasteiger partial charge in [-0.1, -0.05) is 6.92 Å². The normalized spacial score (nSPS) is 38.0. The van der Waals surface area contributed by atoms with Gasteiger partial charge in [-0.15, -0.1) is 0 Å². The van der Waals surface area contributed by atoms with Gasteiger partial charge in [-0.05, 0) is 37.2 Å². The third-order valence-electron chi connectivity index (χ3n) is 3.17. The first-order valence-corrected chi connectivity index (χ1v) is 5.28. The zero-order valence-corrected chi connectivity index (χ0v) is 8.45. The van der Waals surface area contributed by atoms with E-state index in [2.05, 4.69) is 6.92 Å². The van der Waals surface area contributed by atoms with Gasteiger partial charge in [0.15, 0.2) is 6.29 Å². The number of rotatable bonds is 2. The lowest BCUT2D eigenvalue weighted by atomic mass is 9.95. The molecule has 0 saturated heterocycles. The van der Waals surface area contributed by atoms with Crippen molar-refractivity contribution >= 4 is 0 Å². The lowest BCUT2D eigenvalue weighted by Crippen LogP contribution is -2.23. The van der Waals surface area contributed by atoms with Crippen molar-refractivity contribution in [2.24, 2.45) is 11.8 Å². The van der Waals surface area contributed by atoms with Crippen molar-refractivity contribution in [1.82, 2.24) is 0 Å². The Hall–Kier alpha value is -0.500. The molecule has 0 aromatic rings. The molecule has 0 N–H and O–H groups in total. The fourth-order valence-electron chi connectivity index (χ4n) is 2.39. The molecule has 1 saturated carbocycles. The fraction of sp³-hybridized carbons (Fsp3) is 0.818. The van der Waals surface area contributed by atoms with Gasteiger partial charge in [0.05, 0.1) is 6.26 Å². The zero-order chi connectivity index (χ0) is 9.26. The van der Waals surface area contributed by atoms with E-state index < -0.39 is 0 Å². The van der Waals surface area contributed by atoms with Crippen molar-refractivity contribution in [2.45, 2.75) is 39.4 Å². The molecule has 0 aromatic heterocycles. The van der Waals surface area contributed by atoms with Crippen LogP contribution in [0.5, 0.6) is 0 Å². The first-order valence-electron chi connectivity index (χ1n) is 5.28. The van der Waals surface area contributed by atoms with E-state index in [9.17, 15) is 0 Å². The van der Waals surface area contributed by atoms with E-state index in [0.29, 0.717) is 0 Å². The Labute approximate surface area is 79.9 Å². The van der Waals surface area contributed by atoms with Gasteiger partial charge in [0.25, 0.3) is 0 Å². The largest absolute Gasteiger partial charge is 0.473 e. The molecule has 2 heteroatoms. The standard InChI is InChI=1S/C11H18O2/c1-3-12-11-6-9-5-4-8(2)10(9)7-13-11/h7-9,11H,3-6H2,1-2H3/t8-,9-,11-/m1/s1. The van der Waals surface area contributed by atoms with Crippen LogP contribution in [0.1, 0.15) is 33.1 Å². The Morgan fingerprint density at radius 1 is 1.54 bits per heavy atom. The maximum Gasteiger partial charge on any atom is 0.199 e. The summed E-state index contributed by atoms with van der Waals surface area (Å²) in [7, 11) is 0. The summed E-state index contributed by atoms with van der Waals surface area (Å²) in [6.07, 6.45) is 5.67. The predicted molar refractivity (Wildman–Crippen MR) is 51.1 cm³/mol. The lowest BCUT2D eigenvalue weighted by Gasteiger charge is -2.27. The van der Waals surface area contributed by atoms with Gasteiger partial charge < -0.3 is 9.47 Å². The SMILES string of the molecule is CCO[C@H]1C[C@H]2CC[C@@H](C)C2=CO1. The molecule has 2 aliphatic rings. The fourth-order valence-corrected chi connectivity index (χ4v) is 2.39. The van der Waals surface area contributed by atoms with E-state index in [4.69, 9.17) is 9.47 Å². The van der Waals surface area contributed by atoms with Crippen LogP contribution in [0, 0.1) is 11.8 Å². The first kappa shape index (κ1) is 9.07. The van der Waals surface area contributed by atoms with Crippen LogP contribution < -0.4 is 0 Å². The minimum atomic E-state index is 0.0176. The summed E-state index contributed by atoms with van der Waals surface area (Å²) in [5, 5.41) is 0. The van der Waals surface area contributed by atoms with Crippen LogP contribution in [-0.2, 0) is 9.47 Å². The maximum atomic E-state index is 5.52. The summed E-state index contributed by atoms with van der Waals surface area (Å²) in [6.45, 7) is 5.05. The summed E-state index contributed by atoms with van der Waals surface area (Å²) in [5.74, 6) is 1.47. The molecule has 0 unspecified atom stereocenters. The van der Waals surface area contributed by atoms with E-state index in [1.165, 1.54) is 18.4 Å². The summed E-state index contributed by atoms with van der Waals surface area (Å²) in [4.78, 5) is 0. The average Bonchev–Trinajstić information content (AvgIpc) is 2.48. The molecular formula is C11H18O2. The second-order valence-electron chi connectivity index (χ2n) is 4.05. The van der Waals surface area contributed by atoms with Gasteiger partial charge >= 0.3 is 0 Å². The summed E-state index contributed by atoms with van der Waals surface area (Å²) in [5.41, 5.74) is 1.51. The van der Waals surface area contributed by atoms with Crippen LogP contribution in [0.25, 0.3) is 0 Å².